The van der Waals surface area contributed by atoms with Crippen molar-refractivity contribution in [3.63, 3.8) is 0 Å². The maximum Gasteiger partial charge on any atom is 0.206 e. The van der Waals surface area contributed by atoms with Crippen molar-refractivity contribution in [2.45, 2.75) is 0 Å². The molecule has 0 aliphatic rings. The Morgan fingerprint density at radius 1 is 1.56 bits per heavy atom. The third-order valence-electron chi connectivity index (χ3n) is 0.407. The molecular weight excluding hydrogens is 314 g/mol. The van der Waals surface area contributed by atoms with Crippen LogP contribution < -0.4 is 4.72 Å². The van der Waals surface area contributed by atoms with Crippen LogP contribution in [0, 0.1) is 0 Å². The van der Waals surface area contributed by atoms with Crippen LogP contribution >= 0.6 is 0 Å². The molecule has 0 aliphatic carbocycles. The average molecular weight is 320 g/mol. The summed E-state index contributed by atoms with van der Waals surface area (Å²) in [6, 6.07) is 0. The van der Waals surface area contributed by atoms with Crippen LogP contribution in [-0.2, 0) is 35.9 Å². The Balaban J connectivity index is 0. The topological polar surface area (TPSA) is 63.2 Å². The summed E-state index contributed by atoms with van der Waals surface area (Å²) in [4.78, 5) is 9.40. The average Bonchev–Trinajstić information content (AvgIpc) is 1.59. The predicted octanol–water partition coefficient (Wildman–Crippen LogP) is -1.36. The van der Waals surface area contributed by atoms with Crippen LogP contribution in [0.1, 0.15) is 0 Å². The van der Waals surface area contributed by atoms with E-state index in [9.17, 15) is 13.2 Å². The quantitative estimate of drug-likeness (QED) is 0.654. The molecule has 0 amide bonds. The van der Waals surface area contributed by atoms with Gasteiger partial charge in [0.25, 0.3) is 0 Å². The minimum Gasteiger partial charge on any atom is -0.541 e. The summed E-state index contributed by atoms with van der Waals surface area (Å²) in [5.74, 6) is 0. The van der Waals surface area contributed by atoms with E-state index in [-0.39, 0.29) is 27.6 Å². The van der Waals surface area contributed by atoms with E-state index < -0.39 is 10.0 Å². The van der Waals surface area contributed by atoms with Crippen molar-refractivity contribution in [3.8, 4) is 0 Å². The molecule has 0 spiro atoms. The first-order valence-electron chi connectivity index (χ1n) is 1.86. The van der Waals surface area contributed by atoms with E-state index in [1.165, 1.54) is 6.29 Å². The van der Waals surface area contributed by atoms with Gasteiger partial charge in [-0.25, -0.2) is 19.4 Å². The first-order valence-corrected chi connectivity index (χ1v) is 3.75. The number of carbonyl (C=O) groups excluding carboxylic acids is 1. The zero-order valence-electron chi connectivity index (χ0n) is 4.75. The van der Waals surface area contributed by atoms with Crippen molar-refractivity contribution in [2.75, 3.05) is 12.8 Å². The minimum atomic E-state index is -3.20. The van der Waals surface area contributed by atoms with Crippen LogP contribution in [0.4, 0.5) is 0 Å². The molecule has 4 nitrogen and oxygen atoms in total. The second-order valence-corrected chi connectivity index (χ2v) is 3.07. The normalized spacial score (nSPS) is 9.89. The Bertz CT molecular complexity index is 164. The summed E-state index contributed by atoms with van der Waals surface area (Å²) in [6.45, 7) is -0.265. The van der Waals surface area contributed by atoms with Gasteiger partial charge in [-0.2, -0.15) is 0 Å². The molecule has 54 valence electrons. The Kier molecular flexibility index (Phi) is 6.78. The fourth-order valence-corrected chi connectivity index (χ4v) is 0.482. The zero-order valence-corrected chi connectivity index (χ0v) is 8.50. The third-order valence-corrected chi connectivity index (χ3v) is 1.08. The largest absolute Gasteiger partial charge is 0.541 e. The number of sulfonamides is 1. The van der Waals surface area contributed by atoms with Gasteiger partial charge < -0.3 is 4.79 Å². The van der Waals surface area contributed by atoms with E-state index in [2.05, 4.69) is 0 Å². The van der Waals surface area contributed by atoms with Crippen molar-refractivity contribution in [1.82, 2.24) is 4.72 Å². The van der Waals surface area contributed by atoms with Crippen molar-refractivity contribution in [1.29, 1.82) is 0 Å². The number of hydrogen-bond acceptors (Lipinski definition) is 3. The fourth-order valence-electron chi connectivity index (χ4n) is 0.161. The van der Waals surface area contributed by atoms with Crippen LogP contribution in [0.2, 0.25) is 0 Å². The van der Waals surface area contributed by atoms with Crippen LogP contribution in [0.3, 0.4) is 0 Å². The monoisotopic (exact) mass is 320 g/mol. The second-order valence-electron chi connectivity index (χ2n) is 1.24. The van der Waals surface area contributed by atoms with E-state index in [0.29, 0.717) is 0 Å². The Labute approximate surface area is 68.3 Å². The molecule has 0 heterocycles. The third kappa shape index (κ3) is 11.7. The number of nitrogens with one attached hydrogen (secondary N) is 1. The summed E-state index contributed by atoms with van der Waals surface area (Å²) >= 11 is 0. The molecule has 0 saturated carbocycles. The zero-order chi connectivity index (χ0) is 6.62. The molecule has 0 fully saturated rings. The van der Waals surface area contributed by atoms with E-state index in [1.54, 1.807) is 0 Å². The standard InChI is InChI=1S/C3H6NO3S.W/c1-8(6,7)4-2-3-5;/h4H,2H2,1H3;/q-1;. The Morgan fingerprint density at radius 3 is 2.11 bits per heavy atom. The Morgan fingerprint density at radius 2 is 2.00 bits per heavy atom. The molecule has 0 radical (unpaired) electrons. The number of rotatable bonds is 3. The first kappa shape index (κ1) is 12.0. The SMILES string of the molecule is CS(=O)(=O)NC[C-]=O.[W]. The maximum atomic E-state index is 10.1. The Hall–Kier alpha value is 0.268. The second kappa shape index (κ2) is 5.08. The summed E-state index contributed by atoms with van der Waals surface area (Å²) < 4.78 is 22.1. The van der Waals surface area contributed by atoms with Gasteiger partial charge in [0.15, 0.2) is 0 Å². The molecule has 0 atom stereocenters. The molecule has 0 aromatic heterocycles. The van der Waals surface area contributed by atoms with E-state index in [0.717, 1.165) is 6.26 Å². The van der Waals surface area contributed by atoms with Crippen LogP contribution in [-0.4, -0.2) is 27.5 Å². The summed E-state index contributed by atoms with van der Waals surface area (Å²) in [5.41, 5.74) is 0. The van der Waals surface area contributed by atoms with E-state index >= 15 is 0 Å². The van der Waals surface area contributed by atoms with Crippen LogP contribution in [0.25, 0.3) is 0 Å². The van der Waals surface area contributed by atoms with Gasteiger partial charge in [0.05, 0.1) is 6.26 Å². The van der Waals surface area contributed by atoms with Gasteiger partial charge in [0, 0.05) is 21.1 Å². The molecule has 9 heavy (non-hydrogen) atoms. The molecule has 0 unspecified atom stereocenters. The maximum absolute atomic E-state index is 10.1. The summed E-state index contributed by atoms with van der Waals surface area (Å²) in [7, 11) is -3.20. The van der Waals surface area contributed by atoms with Gasteiger partial charge in [-0.3, -0.25) is 0 Å². The smallest absolute Gasteiger partial charge is 0.206 e. The minimum absolute atomic E-state index is 0. The van der Waals surface area contributed by atoms with E-state index in [1.807, 2.05) is 4.72 Å². The molecule has 0 aromatic carbocycles. The first-order chi connectivity index (χ1) is 3.56. The molecule has 0 saturated heterocycles. The fraction of sp³-hybridized carbons (Fsp3) is 0.667. The van der Waals surface area contributed by atoms with Crippen molar-refractivity contribution >= 4 is 16.3 Å². The van der Waals surface area contributed by atoms with E-state index in [4.69, 9.17) is 0 Å². The van der Waals surface area contributed by atoms with Crippen LogP contribution in [0.5, 0.6) is 0 Å². The summed E-state index contributed by atoms with van der Waals surface area (Å²) in [6.07, 6.45) is 2.36. The molecule has 0 rings (SSSR count). The predicted molar refractivity (Wildman–Crippen MR) is 28.5 cm³/mol. The molecular formula is C3H6NO3SW-. The molecule has 1 N–H and O–H groups in total. The molecule has 6 heteroatoms. The van der Waals surface area contributed by atoms with Gasteiger partial charge in [-0.05, 0) is 0 Å². The van der Waals surface area contributed by atoms with Gasteiger partial charge in [-0.1, -0.05) is 6.54 Å². The molecule has 0 aromatic rings. The van der Waals surface area contributed by atoms with Crippen molar-refractivity contribution < 1.29 is 34.3 Å². The van der Waals surface area contributed by atoms with Crippen molar-refractivity contribution in [2.24, 2.45) is 0 Å². The number of hydrogen-bond donors (Lipinski definition) is 1. The van der Waals surface area contributed by atoms with Gasteiger partial charge in [-0.15, -0.1) is 0 Å². The molecule has 0 aliphatic heterocycles. The van der Waals surface area contributed by atoms with Gasteiger partial charge >= 0.3 is 0 Å². The van der Waals surface area contributed by atoms with Crippen LogP contribution in [0.15, 0.2) is 0 Å². The summed E-state index contributed by atoms with van der Waals surface area (Å²) in [5, 5.41) is 0. The molecule has 0 bridgehead atoms. The van der Waals surface area contributed by atoms with Gasteiger partial charge in [0.1, 0.15) is 0 Å². The van der Waals surface area contributed by atoms with Gasteiger partial charge in [0.2, 0.25) is 10.0 Å². The van der Waals surface area contributed by atoms with Crippen molar-refractivity contribution in [3.05, 3.63) is 0 Å².